The molecule has 7 heteroatoms. The van der Waals surface area contributed by atoms with E-state index >= 15 is 0 Å². The van der Waals surface area contributed by atoms with Crippen LogP contribution in [0.5, 0.6) is 0 Å². The van der Waals surface area contributed by atoms with E-state index in [4.69, 9.17) is 4.98 Å². The highest BCUT2D eigenvalue weighted by Crippen LogP contribution is 2.39. The van der Waals surface area contributed by atoms with E-state index in [0.29, 0.717) is 5.75 Å². The summed E-state index contributed by atoms with van der Waals surface area (Å²) in [4.78, 5) is 28.7. The van der Waals surface area contributed by atoms with E-state index in [0.717, 1.165) is 39.6 Å². The van der Waals surface area contributed by atoms with Gasteiger partial charge in [0.1, 0.15) is 21.8 Å². The zero-order valence-corrected chi connectivity index (χ0v) is 16.6. The van der Waals surface area contributed by atoms with Crippen LogP contribution in [0.4, 0.5) is 0 Å². The maximum Gasteiger partial charge on any atom is 0.258 e. The van der Waals surface area contributed by atoms with E-state index in [1.54, 1.807) is 34.8 Å². The van der Waals surface area contributed by atoms with Gasteiger partial charge < -0.3 is 0 Å². The highest BCUT2D eigenvalue weighted by Gasteiger charge is 2.20. The molecule has 5 nitrogen and oxygen atoms in total. The number of hydrogen-bond donors (Lipinski definition) is 0. The van der Waals surface area contributed by atoms with Crippen molar-refractivity contribution < 1.29 is 0 Å². The average Bonchev–Trinajstić information content (AvgIpc) is 3.06. The van der Waals surface area contributed by atoms with Crippen LogP contribution in [0.1, 0.15) is 34.5 Å². The fourth-order valence-electron chi connectivity index (χ4n) is 3.70. The van der Waals surface area contributed by atoms with Crippen LogP contribution < -0.4 is 5.56 Å². The molecular formula is C20H18N4OS2. The summed E-state index contributed by atoms with van der Waals surface area (Å²) in [5, 5.41) is 2.22. The van der Waals surface area contributed by atoms with Crippen molar-refractivity contribution in [1.29, 1.82) is 0 Å². The van der Waals surface area contributed by atoms with Crippen LogP contribution in [0.2, 0.25) is 0 Å². The van der Waals surface area contributed by atoms with Crippen molar-refractivity contribution >= 4 is 39.0 Å². The summed E-state index contributed by atoms with van der Waals surface area (Å²) in [7, 11) is 0. The number of pyridine rings is 1. The second-order valence-corrected chi connectivity index (χ2v) is 8.88. The normalized spacial score (nSPS) is 14.0. The van der Waals surface area contributed by atoms with Crippen LogP contribution in [-0.2, 0) is 18.6 Å². The molecule has 4 aromatic rings. The van der Waals surface area contributed by atoms with Gasteiger partial charge in [-0.15, -0.1) is 11.3 Å². The van der Waals surface area contributed by atoms with Crippen LogP contribution >= 0.6 is 23.1 Å². The molecule has 4 heterocycles. The summed E-state index contributed by atoms with van der Waals surface area (Å²) in [5.74, 6) is 0.622. The van der Waals surface area contributed by atoms with E-state index in [9.17, 15) is 4.79 Å². The molecule has 0 radical (unpaired) electrons. The van der Waals surface area contributed by atoms with Crippen molar-refractivity contribution in [1.82, 2.24) is 19.4 Å². The molecule has 0 unspecified atom stereocenters. The average molecular weight is 395 g/mol. The van der Waals surface area contributed by atoms with Crippen molar-refractivity contribution in [3.8, 4) is 0 Å². The lowest BCUT2D eigenvalue weighted by Gasteiger charge is -2.11. The monoisotopic (exact) mass is 394 g/mol. The van der Waals surface area contributed by atoms with Gasteiger partial charge in [-0.3, -0.25) is 9.20 Å². The van der Waals surface area contributed by atoms with E-state index in [2.05, 4.69) is 9.97 Å². The fraction of sp³-hybridized carbons (Fsp3) is 0.300. The Hall–Kier alpha value is -2.25. The molecule has 27 heavy (non-hydrogen) atoms. The van der Waals surface area contributed by atoms with Crippen LogP contribution in [0, 0.1) is 6.92 Å². The summed E-state index contributed by atoms with van der Waals surface area (Å²) in [5.41, 5.74) is 3.90. The maximum atomic E-state index is 12.4. The number of rotatable bonds is 3. The molecule has 0 aliphatic heterocycles. The summed E-state index contributed by atoms with van der Waals surface area (Å²) >= 11 is 3.46. The third-order valence-corrected chi connectivity index (χ3v) is 7.24. The third-order valence-electron chi connectivity index (χ3n) is 5.01. The van der Waals surface area contributed by atoms with Gasteiger partial charge in [0, 0.05) is 28.3 Å². The smallest absolute Gasteiger partial charge is 0.258 e. The molecule has 0 spiro atoms. The Balaban J connectivity index is 1.52. The van der Waals surface area contributed by atoms with Gasteiger partial charge >= 0.3 is 0 Å². The Morgan fingerprint density at radius 2 is 2.15 bits per heavy atom. The number of aryl methyl sites for hydroxylation is 3. The zero-order chi connectivity index (χ0) is 18.4. The van der Waals surface area contributed by atoms with Crippen molar-refractivity contribution in [2.45, 2.75) is 43.4 Å². The van der Waals surface area contributed by atoms with Gasteiger partial charge in [-0.1, -0.05) is 17.8 Å². The first-order valence-corrected chi connectivity index (χ1v) is 10.9. The van der Waals surface area contributed by atoms with E-state index in [-0.39, 0.29) is 5.56 Å². The molecule has 0 saturated heterocycles. The second kappa shape index (κ2) is 6.73. The molecule has 4 aromatic heterocycles. The molecule has 136 valence electrons. The molecule has 0 bridgehead atoms. The number of thiophene rings is 1. The molecule has 0 N–H and O–H groups in total. The first-order valence-electron chi connectivity index (χ1n) is 9.06. The highest BCUT2D eigenvalue weighted by molar-refractivity contribution is 7.98. The molecule has 0 amide bonds. The van der Waals surface area contributed by atoms with Gasteiger partial charge in [-0.2, -0.15) is 0 Å². The van der Waals surface area contributed by atoms with Gasteiger partial charge in [0.2, 0.25) is 0 Å². The predicted molar refractivity (Wildman–Crippen MR) is 110 cm³/mol. The summed E-state index contributed by atoms with van der Waals surface area (Å²) in [6.45, 7) is 1.98. The number of hydrogen-bond acceptors (Lipinski definition) is 6. The summed E-state index contributed by atoms with van der Waals surface area (Å²) in [6.07, 6.45) is 8.19. The highest BCUT2D eigenvalue weighted by atomic mass is 32.2. The standard InChI is InChI=1S/C20H18N4OS2/c1-12-5-4-8-24-16(25)9-13(23-18(12)24)10-26-19-17-14-6-2-3-7-15(14)27-20(17)22-11-21-19/h4-5,8-9,11H,2-3,6-7,10H2,1H3. The quantitative estimate of drug-likeness (QED) is 0.385. The number of thioether (sulfide) groups is 1. The lowest BCUT2D eigenvalue weighted by atomic mass is 9.97. The van der Waals surface area contributed by atoms with Gasteiger partial charge in [0.15, 0.2) is 0 Å². The molecule has 0 saturated carbocycles. The Bertz CT molecular complexity index is 1230. The Labute approximate surface area is 164 Å². The van der Waals surface area contributed by atoms with Crippen molar-refractivity contribution in [3.63, 3.8) is 0 Å². The van der Waals surface area contributed by atoms with Gasteiger partial charge in [-0.05, 0) is 49.8 Å². The Kier molecular flexibility index (Phi) is 4.21. The van der Waals surface area contributed by atoms with Crippen LogP contribution in [-0.4, -0.2) is 19.4 Å². The topological polar surface area (TPSA) is 60.2 Å². The Morgan fingerprint density at radius 1 is 1.26 bits per heavy atom. The van der Waals surface area contributed by atoms with Crippen LogP contribution in [0.15, 0.2) is 40.5 Å². The fourth-order valence-corrected chi connectivity index (χ4v) is 5.91. The lowest BCUT2D eigenvalue weighted by molar-refractivity contribution is 0.699. The largest absolute Gasteiger partial charge is 0.269 e. The SMILES string of the molecule is Cc1cccn2c(=O)cc(CSc3ncnc4sc5c(c34)CCCC5)nc12. The maximum absolute atomic E-state index is 12.4. The lowest BCUT2D eigenvalue weighted by Crippen LogP contribution is -2.15. The van der Waals surface area contributed by atoms with E-state index in [1.165, 1.54) is 28.7 Å². The van der Waals surface area contributed by atoms with Gasteiger partial charge in [0.25, 0.3) is 5.56 Å². The molecule has 0 fully saturated rings. The third kappa shape index (κ3) is 2.95. The van der Waals surface area contributed by atoms with Crippen molar-refractivity contribution in [2.24, 2.45) is 0 Å². The molecule has 0 atom stereocenters. The van der Waals surface area contributed by atoms with Crippen LogP contribution in [0.25, 0.3) is 15.9 Å². The number of fused-ring (bicyclic) bond motifs is 4. The van der Waals surface area contributed by atoms with Crippen molar-refractivity contribution in [3.05, 3.63) is 62.8 Å². The van der Waals surface area contributed by atoms with Crippen LogP contribution in [0.3, 0.4) is 0 Å². The first-order chi connectivity index (χ1) is 13.2. The number of aromatic nitrogens is 4. The van der Waals surface area contributed by atoms with E-state index in [1.807, 2.05) is 30.4 Å². The predicted octanol–water partition coefficient (Wildman–Crippen LogP) is 4.18. The molecule has 1 aliphatic rings. The minimum Gasteiger partial charge on any atom is -0.269 e. The van der Waals surface area contributed by atoms with Gasteiger partial charge in [-0.25, -0.2) is 15.0 Å². The molecule has 5 rings (SSSR count). The van der Waals surface area contributed by atoms with Crippen molar-refractivity contribution in [2.75, 3.05) is 0 Å². The van der Waals surface area contributed by atoms with E-state index < -0.39 is 0 Å². The summed E-state index contributed by atoms with van der Waals surface area (Å²) in [6, 6.07) is 5.47. The first kappa shape index (κ1) is 16.9. The molecule has 0 aromatic carbocycles. The number of nitrogens with zero attached hydrogens (tertiary/aromatic N) is 4. The molecular weight excluding hydrogens is 376 g/mol. The minimum absolute atomic E-state index is 0.0416. The Morgan fingerprint density at radius 3 is 3.07 bits per heavy atom. The van der Waals surface area contributed by atoms with Gasteiger partial charge in [0.05, 0.1) is 5.69 Å². The minimum atomic E-state index is -0.0416. The molecule has 1 aliphatic carbocycles. The summed E-state index contributed by atoms with van der Waals surface area (Å²) < 4.78 is 1.60. The second-order valence-electron chi connectivity index (χ2n) is 6.83. The zero-order valence-electron chi connectivity index (χ0n) is 14.9.